The Morgan fingerprint density at radius 1 is 1.13 bits per heavy atom. The number of thiocarbonyl (C=S) groups is 1. The number of allylic oxidation sites excluding steroid dienone is 4. The Bertz CT molecular complexity index is 1190. The van der Waals surface area contributed by atoms with Crippen LogP contribution in [0.1, 0.15) is 18.9 Å². The van der Waals surface area contributed by atoms with Gasteiger partial charge in [0.25, 0.3) is 0 Å². The highest BCUT2D eigenvalue weighted by atomic mass is 32.2. The summed E-state index contributed by atoms with van der Waals surface area (Å²) in [5, 5.41) is 19.6. The Morgan fingerprint density at radius 3 is 2.47 bits per heavy atom. The highest BCUT2D eigenvalue weighted by Gasteiger charge is 2.51. The molecule has 3 atom stereocenters. The minimum Gasteiger partial charge on any atom is -0.394 e. The molecule has 3 aliphatic rings. The summed E-state index contributed by atoms with van der Waals surface area (Å²) in [5.41, 5.74) is -2.65. The van der Waals surface area contributed by atoms with Crippen molar-refractivity contribution in [2.24, 2.45) is 0 Å². The average molecular weight is 576 g/mol. The van der Waals surface area contributed by atoms with Gasteiger partial charge >= 0.3 is 6.18 Å². The molecule has 13 heteroatoms. The molecule has 0 radical (unpaired) electrons. The Morgan fingerprint density at radius 2 is 1.84 bits per heavy atom. The molecule has 4 rings (SSSR count). The molecule has 0 spiro atoms. The number of benzene rings is 1. The van der Waals surface area contributed by atoms with Crippen molar-refractivity contribution in [3.05, 3.63) is 53.0 Å². The Labute approximate surface area is 226 Å². The van der Waals surface area contributed by atoms with E-state index in [1.807, 2.05) is 4.90 Å². The number of hydrogen-bond acceptors (Lipinski definition) is 8. The normalized spacial score (nSPS) is 25.8. The third-order valence-corrected chi connectivity index (χ3v) is 9.70. The molecule has 38 heavy (non-hydrogen) atoms. The number of aliphatic hydroxyl groups is 2. The van der Waals surface area contributed by atoms with E-state index >= 15 is 0 Å². The van der Waals surface area contributed by atoms with Crippen molar-refractivity contribution < 1.29 is 36.5 Å². The third-order valence-electron chi connectivity index (χ3n) is 7.23. The lowest BCUT2D eigenvalue weighted by molar-refractivity contribution is -0.258. The summed E-state index contributed by atoms with van der Waals surface area (Å²) in [6.07, 6.45) is 0.200. The van der Waals surface area contributed by atoms with Gasteiger partial charge in [0.15, 0.2) is 5.60 Å². The van der Waals surface area contributed by atoms with Gasteiger partial charge in [-0.2, -0.15) is 17.5 Å². The summed E-state index contributed by atoms with van der Waals surface area (Å²) in [4.78, 5) is 4.55. The van der Waals surface area contributed by atoms with Crippen molar-refractivity contribution >= 4 is 32.8 Å². The van der Waals surface area contributed by atoms with E-state index < -0.39 is 21.8 Å². The van der Waals surface area contributed by atoms with E-state index in [4.69, 9.17) is 17.0 Å². The second-order valence-corrected chi connectivity index (χ2v) is 12.2. The summed E-state index contributed by atoms with van der Waals surface area (Å²) in [5.74, 6) is 0. The zero-order valence-electron chi connectivity index (χ0n) is 21.0. The molecule has 0 aromatic heterocycles. The molecule has 0 amide bonds. The van der Waals surface area contributed by atoms with Crippen LogP contribution in [0.5, 0.6) is 0 Å². The number of sulfonamides is 1. The lowest BCUT2D eigenvalue weighted by atomic mass is 9.95. The van der Waals surface area contributed by atoms with E-state index in [2.05, 4.69) is 4.90 Å². The number of rotatable bonds is 7. The second-order valence-electron chi connectivity index (χ2n) is 9.85. The Balaban J connectivity index is 1.60. The summed E-state index contributed by atoms with van der Waals surface area (Å²) in [6, 6.07) is 5.20. The van der Waals surface area contributed by atoms with Crippen LogP contribution in [0.4, 0.5) is 18.9 Å². The van der Waals surface area contributed by atoms with Crippen molar-refractivity contribution in [3.8, 4) is 0 Å². The minimum absolute atomic E-state index is 0.118. The van der Waals surface area contributed by atoms with Gasteiger partial charge < -0.3 is 19.8 Å². The number of alkyl halides is 3. The second kappa shape index (κ2) is 11.3. The molecule has 0 saturated carbocycles. The maximum atomic E-state index is 13.5. The highest BCUT2D eigenvalue weighted by Crippen LogP contribution is 2.39. The number of aliphatic hydroxyl groups excluding tert-OH is 1. The summed E-state index contributed by atoms with van der Waals surface area (Å²) < 4.78 is 73.9. The first-order chi connectivity index (χ1) is 17.8. The number of piperazine rings is 1. The van der Waals surface area contributed by atoms with E-state index in [0.717, 1.165) is 0 Å². The minimum atomic E-state index is -4.83. The SMILES string of the molecule is C[C@@](O)(c1ccc(N2CCN(S(=O)(=O)C3=CC=CCC3=S)C[C@@H]2CN2CCO[C@H](CO)C2)cc1)C(F)(F)F. The zero-order chi connectivity index (χ0) is 27.7. The van der Waals surface area contributed by atoms with Gasteiger partial charge in [0.1, 0.15) is 0 Å². The lowest BCUT2D eigenvalue weighted by Gasteiger charge is -2.45. The van der Waals surface area contributed by atoms with Gasteiger partial charge in [0, 0.05) is 56.2 Å². The summed E-state index contributed by atoms with van der Waals surface area (Å²) in [6.45, 7) is 3.16. The molecule has 8 nitrogen and oxygen atoms in total. The van der Waals surface area contributed by atoms with Gasteiger partial charge in [-0.3, -0.25) is 4.90 Å². The molecule has 2 heterocycles. The fraction of sp³-hybridized carbons (Fsp3) is 0.560. The Kier molecular flexibility index (Phi) is 8.67. The number of nitrogens with zero attached hydrogens (tertiary/aromatic N) is 3. The number of halogens is 3. The average Bonchev–Trinajstić information content (AvgIpc) is 2.88. The lowest BCUT2D eigenvalue weighted by Crippen LogP contribution is -2.60. The van der Waals surface area contributed by atoms with Crippen molar-refractivity contribution in [1.29, 1.82) is 0 Å². The van der Waals surface area contributed by atoms with Crippen molar-refractivity contribution in [2.75, 3.05) is 57.4 Å². The first-order valence-electron chi connectivity index (χ1n) is 12.4. The predicted octanol–water partition coefficient (Wildman–Crippen LogP) is 2.18. The van der Waals surface area contributed by atoms with Crippen LogP contribution < -0.4 is 4.90 Å². The number of morpholine rings is 1. The van der Waals surface area contributed by atoms with Crippen LogP contribution in [0.15, 0.2) is 47.4 Å². The largest absolute Gasteiger partial charge is 0.421 e. The summed E-state index contributed by atoms with van der Waals surface area (Å²) >= 11 is 5.32. The predicted molar refractivity (Wildman–Crippen MR) is 141 cm³/mol. The fourth-order valence-corrected chi connectivity index (χ4v) is 7.00. The maximum Gasteiger partial charge on any atom is 0.421 e. The molecular weight excluding hydrogens is 543 g/mol. The quantitative estimate of drug-likeness (QED) is 0.478. The smallest absolute Gasteiger partial charge is 0.394 e. The molecule has 2 fully saturated rings. The van der Waals surface area contributed by atoms with Crippen LogP contribution >= 0.6 is 12.2 Å². The van der Waals surface area contributed by atoms with Crippen LogP contribution in [-0.4, -0.2) is 104 Å². The van der Waals surface area contributed by atoms with Crippen LogP contribution in [0.2, 0.25) is 0 Å². The molecule has 1 aromatic rings. The van der Waals surface area contributed by atoms with E-state index in [-0.39, 0.29) is 42.3 Å². The number of hydrogen-bond donors (Lipinski definition) is 2. The van der Waals surface area contributed by atoms with Gasteiger partial charge in [-0.25, -0.2) is 8.42 Å². The van der Waals surface area contributed by atoms with Crippen molar-refractivity contribution in [1.82, 2.24) is 9.21 Å². The molecule has 1 aromatic carbocycles. The molecule has 210 valence electrons. The third kappa shape index (κ3) is 5.98. The highest BCUT2D eigenvalue weighted by molar-refractivity contribution is 7.96. The standard InChI is InChI=1S/C25H32F3N3O5S2/c1-24(33,25(26,27)28)18-6-8-19(9-7-18)31-11-10-30(38(34,35)23-5-3-2-4-22(23)37)15-20(31)14-29-12-13-36-21(16-29)17-32/h2-3,5-9,20-21,32-33H,4,10-17H2,1H3/t20-,21-,24+/m0/s1. The number of ether oxygens (including phenoxy) is 1. The molecular formula is C25H32F3N3O5S2. The van der Waals surface area contributed by atoms with Gasteiger partial charge in [0.05, 0.1) is 30.3 Å². The monoisotopic (exact) mass is 575 g/mol. The molecule has 2 saturated heterocycles. The molecule has 0 unspecified atom stereocenters. The van der Waals surface area contributed by atoms with E-state index in [0.29, 0.717) is 56.7 Å². The van der Waals surface area contributed by atoms with Crippen LogP contribution in [-0.2, 0) is 20.4 Å². The molecule has 1 aliphatic carbocycles. The van der Waals surface area contributed by atoms with E-state index in [1.54, 1.807) is 12.2 Å². The Hall–Kier alpha value is -1.87. The van der Waals surface area contributed by atoms with Gasteiger partial charge in [-0.15, -0.1) is 0 Å². The first-order valence-corrected chi connectivity index (χ1v) is 14.2. The van der Waals surface area contributed by atoms with Gasteiger partial charge in [-0.1, -0.05) is 36.5 Å². The van der Waals surface area contributed by atoms with Crippen molar-refractivity contribution in [3.63, 3.8) is 0 Å². The molecule has 0 bridgehead atoms. The topological polar surface area (TPSA) is 93.6 Å². The van der Waals surface area contributed by atoms with Gasteiger partial charge in [0.2, 0.25) is 10.0 Å². The van der Waals surface area contributed by atoms with Crippen LogP contribution in [0, 0.1) is 0 Å². The van der Waals surface area contributed by atoms with E-state index in [1.165, 1.54) is 34.6 Å². The first kappa shape index (κ1) is 29.1. The molecule has 2 N–H and O–H groups in total. The van der Waals surface area contributed by atoms with Crippen molar-refractivity contribution in [2.45, 2.75) is 37.3 Å². The zero-order valence-corrected chi connectivity index (χ0v) is 22.6. The van der Waals surface area contributed by atoms with Crippen LogP contribution in [0.25, 0.3) is 0 Å². The van der Waals surface area contributed by atoms with Crippen LogP contribution in [0.3, 0.4) is 0 Å². The van der Waals surface area contributed by atoms with E-state index in [9.17, 15) is 31.8 Å². The van der Waals surface area contributed by atoms with Gasteiger partial charge in [-0.05, 0) is 30.7 Å². The number of anilines is 1. The molecule has 2 aliphatic heterocycles. The maximum absolute atomic E-state index is 13.5. The summed E-state index contributed by atoms with van der Waals surface area (Å²) in [7, 11) is -3.84. The fourth-order valence-electron chi connectivity index (χ4n) is 4.93.